The molecule has 4 nitrogen and oxygen atoms in total. The molecule has 0 bridgehead atoms. The van der Waals surface area contributed by atoms with Crippen molar-refractivity contribution in [3.8, 4) is 61.8 Å². The summed E-state index contributed by atoms with van der Waals surface area (Å²) in [5.41, 5.74) is 15.4. The Bertz CT molecular complexity index is 2560. The maximum Gasteiger partial charge on any atom is 0.144 e. The minimum absolute atomic E-state index is 0. The molecule has 0 radical (unpaired) electrons. The van der Waals surface area contributed by atoms with E-state index in [1.807, 2.05) is 12.3 Å². The molecule has 1 aliphatic rings. The van der Waals surface area contributed by atoms with E-state index >= 15 is 0 Å². The number of phenolic OH excluding ortho intramolecular Hbond substituents is 1. The molecule has 2 aromatic heterocycles. The molecule has 5 heteroatoms. The van der Waals surface area contributed by atoms with E-state index in [1.165, 1.54) is 22.3 Å². The molecule has 0 saturated heterocycles. The first-order valence-electron chi connectivity index (χ1n) is 19.2. The second kappa shape index (κ2) is 14.1. The molecule has 7 aromatic rings. The number of pyridine rings is 1. The summed E-state index contributed by atoms with van der Waals surface area (Å²) < 4.78 is 2.36. The van der Waals surface area contributed by atoms with E-state index in [0.717, 1.165) is 80.0 Å². The first-order valence-corrected chi connectivity index (χ1v) is 19.2. The Labute approximate surface area is 341 Å². The van der Waals surface area contributed by atoms with Crippen LogP contribution < -0.4 is 0 Å². The molecule has 55 heavy (non-hydrogen) atoms. The van der Waals surface area contributed by atoms with Crippen LogP contribution in [-0.4, -0.2) is 19.6 Å². The molecule has 0 spiro atoms. The van der Waals surface area contributed by atoms with Crippen LogP contribution in [0.2, 0.25) is 0 Å². The minimum Gasteiger partial charge on any atom is -0.507 e. The third kappa shape index (κ3) is 7.11. The van der Waals surface area contributed by atoms with Crippen molar-refractivity contribution < 1.29 is 26.2 Å². The minimum atomic E-state index is -0.262. The van der Waals surface area contributed by atoms with Gasteiger partial charge in [0.25, 0.3) is 0 Å². The second-order valence-electron chi connectivity index (χ2n) is 18.0. The van der Waals surface area contributed by atoms with Gasteiger partial charge in [0, 0.05) is 50.6 Å². The van der Waals surface area contributed by atoms with Gasteiger partial charge in [-0.05, 0) is 62.6 Å². The normalized spacial score (nSPS) is 13.0. The van der Waals surface area contributed by atoms with E-state index in [0.29, 0.717) is 5.75 Å². The molecule has 0 unspecified atom stereocenters. The van der Waals surface area contributed by atoms with Crippen molar-refractivity contribution in [2.24, 2.45) is 0 Å². The molecule has 0 amide bonds. The number of aryl methyl sites for hydroxylation is 2. The van der Waals surface area contributed by atoms with Crippen molar-refractivity contribution in [3.05, 3.63) is 138 Å². The Morgan fingerprint density at radius 3 is 1.98 bits per heavy atom. The van der Waals surface area contributed by atoms with Gasteiger partial charge in [-0.15, -0.1) is 29.3 Å². The second-order valence-corrected chi connectivity index (χ2v) is 18.0. The first kappa shape index (κ1) is 38.5. The van der Waals surface area contributed by atoms with Gasteiger partial charge in [0.1, 0.15) is 11.6 Å². The summed E-state index contributed by atoms with van der Waals surface area (Å²) in [6.07, 6.45) is 2.76. The van der Waals surface area contributed by atoms with Crippen molar-refractivity contribution in [2.75, 3.05) is 0 Å². The van der Waals surface area contributed by atoms with E-state index in [4.69, 9.17) is 9.97 Å². The summed E-state index contributed by atoms with van der Waals surface area (Å²) in [7, 11) is 0. The van der Waals surface area contributed by atoms with Gasteiger partial charge in [0.05, 0.1) is 16.6 Å². The van der Waals surface area contributed by atoms with Crippen molar-refractivity contribution in [3.63, 3.8) is 0 Å². The quantitative estimate of drug-likeness (QED) is 0.179. The number of aromatic hydroxyl groups is 1. The smallest absolute Gasteiger partial charge is 0.144 e. The molecule has 5 aromatic carbocycles. The van der Waals surface area contributed by atoms with E-state index in [1.54, 1.807) is 0 Å². The number of fused-ring (bicyclic) bond motifs is 2. The summed E-state index contributed by atoms with van der Waals surface area (Å²) in [5.74, 6) is 1.10. The number of imidazole rings is 1. The summed E-state index contributed by atoms with van der Waals surface area (Å²) >= 11 is 0. The predicted octanol–water partition coefficient (Wildman–Crippen LogP) is 12.7. The van der Waals surface area contributed by atoms with Crippen LogP contribution >= 0.6 is 0 Å². The Kier molecular flexibility index (Phi) is 9.83. The summed E-state index contributed by atoms with van der Waals surface area (Å²) in [5, 5.41) is 12.2. The number of nitrogens with zero attached hydrogens (tertiary/aromatic N) is 3. The third-order valence-corrected chi connectivity index (χ3v) is 11.0. The van der Waals surface area contributed by atoms with Gasteiger partial charge in [-0.25, -0.2) is 4.98 Å². The zero-order valence-electron chi connectivity index (χ0n) is 33.4. The molecule has 1 aliphatic heterocycles. The molecule has 3 heterocycles. The van der Waals surface area contributed by atoms with Gasteiger partial charge >= 0.3 is 0 Å². The average molecular weight is 904 g/mol. The molecule has 1 N–H and O–H groups in total. The van der Waals surface area contributed by atoms with Crippen molar-refractivity contribution in [1.82, 2.24) is 14.5 Å². The molecule has 0 atom stereocenters. The monoisotopic (exact) mass is 903 g/mol. The Balaban J connectivity index is 0.00000465. The topological polar surface area (TPSA) is 50.9 Å². The molecule has 0 aliphatic carbocycles. The van der Waals surface area contributed by atoms with Crippen molar-refractivity contribution >= 4 is 11.0 Å². The number of phenols is 1. The van der Waals surface area contributed by atoms with Crippen LogP contribution in [0.4, 0.5) is 0 Å². The standard InChI is InChI=1S/C50H50N3O.Pt/c1-48(2,3)36-26-34(25-35(27-36)43-28-33(21-23-51-43)31-15-11-10-12-16-31)39-19-20-40-38-18-14-13-17-32(38)22-24-53-45(40)44(39)52-47(53)41-29-37(49(4,5)6)30-42(46(41)54)50(7,8)9;/h10-21,23,26-30,54H,22,24H2,1-9H3;/q-1;. The molecule has 0 fully saturated rings. The first-order chi connectivity index (χ1) is 25.6. The molecule has 0 saturated carbocycles. The fourth-order valence-corrected chi connectivity index (χ4v) is 7.81. The number of benzene rings is 5. The van der Waals surface area contributed by atoms with Crippen LogP contribution in [0.5, 0.6) is 5.75 Å². The van der Waals surface area contributed by atoms with E-state index in [9.17, 15) is 5.11 Å². The number of aromatic nitrogens is 3. The van der Waals surface area contributed by atoms with Crippen LogP contribution in [0.25, 0.3) is 67.1 Å². The third-order valence-electron chi connectivity index (χ3n) is 11.0. The fraction of sp³-hybridized carbons (Fsp3) is 0.280. The predicted molar refractivity (Wildman–Crippen MR) is 225 cm³/mol. The number of rotatable bonds is 4. The zero-order valence-corrected chi connectivity index (χ0v) is 35.7. The van der Waals surface area contributed by atoms with Crippen LogP contribution in [0.1, 0.15) is 84.6 Å². The zero-order chi connectivity index (χ0) is 38.2. The summed E-state index contributed by atoms with van der Waals surface area (Å²) in [4.78, 5) is 10.4. The van der Waals surface area contributed by atoms with Crippen molar-refractivity contribution in [1.29, 1.82) is 0 Å². The van der Waals surface area contributed by atoms with Gasteiger partial charge in [-0.3, -0.25) is 4.98 Å². The maximum atomic E-state index is 12.2. The summed E-state index contributed by atoms with van der Waals surface area (Å²) in [6.45, 7) is 20.7. The van der Waals surface area contributed by atoms with Crippen LogP contribution in [0, 0.1) is 6.07 Å². The van der Waals surface area contributed by atoms with Gasteiger partial charge < -0.3 is 9.67 Å². The number of hydrogen-bond donors (Lipinski definition) is 1. The van der Waals surface area contributed by atoms with Crippen LogP contribution in [-0.2, 0) is 50.3 Å². The molecular weight excluding hydrogens is 854 g/mol. The van der Waals surface area contributed by atoms with Crippen LogP contribution in [0.3, 0.4) is 0 Å². The van der Waals surface area contributed by atoms with E-state index < -0.39 is 0 Å². The fourth-order valence-electron chi connectivity index (χ4n) is 7.81. The van der Waals surface area contributed by atoms with Gasteiger partial charge in [0.2, 0.25) is 0 Å². The van der Waals surface area contributed by atoms with Crippen molar-refractivity contribution in [2.45, 2.75) is 91.5 Å². The molecule has 8 rings (SSSR count). The van der Waals surface area contributed by atoms with Crippen LogP contribution in [0.15, 0.2) is 109 Å². The average Bonchev–Trinajstić information content (AvgIpc) is 3.43. The van der Waals surface area contributed by atoms with E-state index in [-0.39, 0.29) is 37.3 Å². The summed E-state index contributed by atoms with van der Waals surface area (Å²) in [6, 6.07) is 40.6. The van der Waals surface area contributed by atoms with Gasteiger partial charge in [-0.2, -0.15) is 0 Å². The Hall–Kier alpha value is -4.79. The van der Waals surface area contributed by atoms with Gasteiger partial charge in [0.15, 0.2) is 0 Å². The Morgan fingerprint density at radius 2 is 1.27 bits per heavy atom. The SMILES string of the molecule is CC(C)(C)c1cc(-c2cc(-c3ccccc3)ccn2)[c-]c(-c2ccc3c4c2nc(-c2cc(C(C)(C)C)cc(C(C)(C)C)c2O)n4CCc2ccccc2-3)c1.[Pt]. The van der Waals surface area contributed by atoms with Gasteiger partial charge in [-0.1, -0.05) is 152 Å². The number of hydrogen-bond acceptors (Lipinski definition) is 3. The molecular formula is C50H50N3OPt-. The van der Waals surface area contributed by atoms with E-state index in [2.05, 4.69) is 170 Å². The Morgan fingerprint density at radius 1 is 0.618 bits per heavy atom. The largest absolute Gasteiger partial charge is 0.507 e. The maximum absolute atomic E-state index is 12.2. The molecule has 282 valence electrons.